The predicted octanol–water partition coefficient (Wildman–Crippen LogP) is 24.3. The zero-order valence-corrected chi connectivity index (χ0v) is 52.7. The molecule has 1 N–H and O–H groups in total. The largest absolute Gasteiger partial charge is 0.462 e. The van der Waals surface area contributed by atoms with Crippen LogP contribution >= 0.6 is 0 Å². The maximum absolute atomic E-state index is 12.4. The Morgan fingerprint density at radius 1 is 0.308 bits per heavy atom. The molecule has 0 aliphatic heterocycles. The fourth-order valence-electron chi connectivity index (χ4n) is 10.9. The molecule has 0 rings (SSSR count). The summed E-state index contributed by atoms with van der Waals surface area (Å²) in [5, 5.41) is 9.70. The maximum atomic E-state index is 12.4. The molecule has 0 aliphatic rings. The summed E-state index contributed by atoms with van der Waals surface area (Å²) in [6, 6.07) is 0. The summed E-state index contributed by atoms with van der Waals surface area (Å²) in [7, 11) is 0. The number of rotatable bonds is 66. The highest BCUT2D eigenvalue weighted by atomic mass is 16.6. The van der Waals surface area contributed by atoms with Gasteiger partial charge >= 0.3 is 11.9 Å². The first-order valence-electron chi connectivity index (χ1n) is 35.2. The van der Waals surface area contributed by atoms with E-state index in [-0.39, 0.29) is 25.2 Å². The SMILES string of the molecule is CC/C=C\C/C=C\C/C=C\C/C=C\CCCCCCCCCCCCCCCCC(=O)OC(CO)COC(=O)CCCCCCCCCCCCCCCCCCCCCCCCCCCCCCCCCCCCCCC. The highest BCUT2D eigenvalue weighted by molar-refractivity contribution is 5.70. The van der Waals surface area contributed by atoms with E-state index in [0.717, 1.165) is 57.8 Å². The molecule has 0 heterocycles. The molecular weight excluding hydrogens is 957 g/mol. The van der Waals surface area contributed by atoms with Gasteiger partial charge in [-0.25, -0.2) is 0 Å². The normalized spacial score (nSPS) is 12.4. The van der Waals surface area contributed by atoms with Crippen LogP contribution in [0, 0.1) is 0 Å². The van der Waals surface area contributed by atoms with Crippen molar-refractivity contribution in [2.24, 2.45) is 0 Å². The molecule has 0 saturated carbocycles. The first-order valence-corrected chi connectivity index (χ1v) is 35.2. The molecule has 1 atom stereocenters. The average molecular weight is 1090 g/mol. The molecule has 0 aliphatic carbocycles. The zero-order chi connectivity index (χ0) is 56.2. The van der Waals surface area contributed by atoms with E-state index in [9.17, 15) is 14.7 Å². The lowest BCUT2D eigenvalue weighted by Gasteiger charge is -2.15. The molecule has 5 heteroatoms. The second-order valence-corrected chi connectivity index (χ2v) is 23.9. The third-order valence-corrected chi connectivity index (χ3v) is 16.1. The van der Waals surface area contributed by atoms with Crippen molar-refractivity contribution in [3.05, 3.63) is 48.6 Å². The van der Waals surface area contributed by atoms with E-state index in [1.807, 2.05) is 0 Å². The zero-order valence-electron chi connectivity index (χ0n) is 52.7. The molecule has 458 valence electrons. The maximum Gasteiger partial charge on any atom is 0.306 e. The van der Waals surface area contributed by atoms with Gasteiger partial charge < -0.3 is 14.6 Å². The number of hydrogen-bond acceptors (Lipinski definition) is 5. The van der Waals surface area contributed by atoms with E-state index in [1.165, 1.54) is 302 Å². The number of hydrogen-bond donors (Lipinski definition) is 1. The Bertz CT molecular complexity index is 1280. The minimum atomic E-state index is -0.772. The number of carbonyl (C=O) groups excluding carboxylic acids is 2. The molecule has 0 aromatic carbocycles. The number of carbonyl (C=O) groups is 2. The molecule has 78 heavy (non-hydrogen) atoms. The van der Waals surface area contributed by atoms with E-state index in [2.05, 4.69) is 62.5 Å². The highest BCUT2D eigenvalue weighted by Crippen LogP contribution is 2.19. The minimum absolute atomic E-state index is 0.0615. The van der Waals surface area contributed by atoms with Gasteiger partial charge in [0.1, 0.15) is 6.61 Å². The highest BCUT2D eigenvalue weighted by Gasteiger charge is 2.16. The van der Waals surface area contributed by atoms with Crippen LogP contribution in [0.2, 0.25) is 0 Å². The van der Waals surface area contributed by atoms with Gasteiger partial charge in [-0.1, -0.05) is 371 Å². The number of aliphatic hydroxyl groups excluding tert-OH is 1. The van der Waals surface area contributed by atoms with Crippen molar-refractivity contribution < 1.29 is 24.2 Å². The molecule has 1 unspecified atom stereocenters. The number of esters is 2. The lowest BCUT2D eigenvalue weighted by molar-refractivity contribution is -0.161. The summed E-state index contributed by atoms with van der Waals surface area (Å²) >= 11 is 0. The van der Waals surface area contributed by atoms with Gasteiger partial charge in [0.2, 0.25) is 0 Å². The lowest BCUT2D eigenvalue weighted by Crippen LogP contribution is -2.28. The summed E-state index contributed by atoms with van der Waals surface area (Å²) in [6.45, 7) is 4.09. The molecule has 0 aromatic rings. The van der Waals surface area contributed by atoms with Crippen molar-refractivity contribution in [1.29, 1.82) is 0 Å². The van der Waals surface area contributed by atoms with E-state index in [0.29, 0.717) is 12.8 Å². The van der Waals surface area contributed by atoms with E-state index in [1.54, 1.807) is 0 Å². The van der Waals surface area contributed by atoms with E-state index >= 15 is 0 Å². The van der Waals surface area contributed by atoms with Crippen LogP contribution in [0.1, 0.15) is 386 Å². The number of allylic oxidation sites excluding steroid dienone is 8. The van der Waals surface area contributed by atoms with Gasteiger partial charge in [0, 0.05) is 12.8 Å². The second-order valence-electron chi connectivity index (χ2n) is 23.9. The van der Waals surface area contributed by atoms with Crippen LogP contribution in [0.15, 0.2) is 48.6 Å². The Hall–Kier alpha value is -2.14. The first-order chi connectivity index (χ1) is 38.6. The molecule has 0 saturated heterocycles. The topological polar surface area (TPSA) is 72.8 Å². The number of ether oxygens (including phenoxy) is 2. The standard InChI is InChI=1S/C73H136O5/c1-3-5-7-9-11-13-15-17-19-21-23-25-27-29-31-32-33-34-35-36-37-38-39-40-42-43-45-47-49-51-53-55-57-59-61-63-65-67-72(75)77-70-71(69-74)78-73(76)68-66-64-62-60-58-56-54-52-50-48-46-44-41-30-28-26-24-22-20-18-16-14-12-10-8-6-4-2/h6,8,12,14,18,20,24,26,71,74H,3-5,7,9-11,13,15-17,19,21-23,25,27-70H2,1-2H3/b8-6-,14-12-,20-18-,26-24-. The fraction of sp³-hybridized carbons (Fsp3) is 0.863. The molecular formula is C73H136O5. The molecule has 0 aromatic heterocycles. The molecule has 0 fully saturated rings. The van der Waals surface area contributed by atoms with Gasteiger partial charge in [0.25, 0.3) is 0 Å². The van der Waals surface area contributed by atoms with Crippen LogP contribution in [-0.4, -0.2) is 36.4 Å². The molecule has 0 amide bonds. The van der Waals surface area contributed by atoms with Crippen molar-refractivity contribution in [1.82, 2.24) is 0 Å². The van der Waals surface area contributed by atoms with Gasteiger partial charge in [-0.2, -0.15) is 0 Å². The molecule has 5 nitrogen and oxygen atoms in total. The van der Waals surface area contributed by atoms with E-state index < -0.39 is 6.10 Å². The van der Waals surface area contributed by atoms with Crippen molar-refractivity contribution in [3.8, 4) is 0 Å². The van der Waals surface area contributed by atoms with Crippen molar-refractivity contribution in [2.45, 2.75) is 392 Å². The summed E-state index contributed by atoms with van der Waals surface area (Å²) in [6.07, 6.45) is 93.0. The second kappa shape index (κ2) is 69.1. The Kier molecular flexibility index (Phi) is 67.2. The molecule has 0 radical (unpaired) electrons. The Balaban J connectivity index is 3.37. The summed E-state index contributed by atoms with van der Waals surface area (Å²) in [4.78, 5) is 24.6. The van der Waals surface area contributed by atoms with Crippen molar-refractivity contribution >= 4 is 11.9 Å². The lowest BCUT2D eigenvalue weighted by atomic mass is 10.0. The van der Waals surface area contributed by atoms with Crippen LogP contribution < -0.4 is 0 Å². The van der Waals surface area contributed by atoms with E-state index in [4.69, 9.17) is 9.47 Å². The Labute approximate surface area is 488 Å². The molecule has 0 bridgehead atoms. The van der Waals surface area contributed by atoms with Gasteiger partial charge in [-0.05, 0) is 51.4 Å². The van der Waals surface area contributed by atoms with Crippen LogP contribution in [0.5, 0.6) is 0 Å². The Morgan fingerprint density at radius 2 is 0.551 bits per heavy atom. The van der Waals surface area contributed by atoms with Crippen LogP contribution in [0.3, 0.4) is 0 Å². The third-order valence-electron chi connectivity index (χ3n) is 16.1. The predicted molar refractivity (Wildman–Crippen MR) is 344 cm³/mol. The van der Waals surface area contributed by atoms with Gasteiger partial charge in [0.15, 0.2) is 6.10 Å². The van der Waals surface area contributed by atoms with Gasteiger partial charge in [0.05, 0.1) is 6.61 Å². The van der Waals surface area contributed by atoms with Crippen LogP contribution in [0.25, 0.3) is 0 Å². The van der Waals surface area contributed by atoms with Crippen molar-refractivity contribution in [3.63, 3.8) is 0 Å². The van der Waals surface area contributed by atoms with Gasteiger partial charge in [-0.15, -0.1) is 0 Å². The van der Waals surface area contributed by atoms with Crippen LogP contribution in [0.4, 0.5) is 0 Å². The summed E-state index contributed by atoms with van der Waals surface area (Å²) in [5.41, 5.74) is 0. The third kappa shape index (κ3) is 66.4. The fourth-order valence-corrected chi connectivity index (χ4v) is 10.9. The van der Waals surface area contributed by atoms with Crippen molar-refractivity contribution in [2.75, 3.05) is 13.2 Å². The quantitative estimate of drug-likeness (QED) is 0.0373. The summed E-state index contributed by atoms with van der Waals surface area (Å²) < 4.78 is 10.8. The first kappa shape index (κ1) is 75.9. The Morgan fingerprint density at radius 3 is 0.833 bits per heavy atom. The number of aliphatic hydroxyl groups is 1. The number of unbranched alkanes of at least 4 members (excludes halogenated alkanes) is 50. The molecule has 0 spiro atoms. The minimum Gasteiger partial charge on any atom is -0.462 e. The van der Waals surface area contributed by atoms with Gasteiger partial charge in [-0.3, -0.25) is 9.59 Å². The summed E-state index contributed by atoms with van der Waals surface area (Å²) in [5.74, 6) is -0.571. The smallest absolute Gasteiger partial charge is 0.306 e. The van der Waals surface area contributed by atoms with Crippen LogP contribution in [-0.2, 0) is 19.1 Å². The average Bonchev–Trinajstić information content (AvgIpc) is 3.44. The monoisotopic (exact) mass is 1090 g/mol.